The Morgan fingerprint density at radius 2 is 1.81 bits per heavy atom. The topological polar surface area (TPSA) is 80.5 Å². The van der Waals surface area contributed by atoms with Crippen LogP contribution in [0.2, 0.25) is 0 Å². The number of anilines is 2. The van der Waals surface area contributed by atoms with Crippen molar-refractivity contribution in [3.63, 3.8) is 0 Å². The first-order valence-corrected chi connectivity index (χ1v) is 11.3. The predicted octanol–water partition coefficient (Wildman–Crippen LogP) is 5.11. The maximum atomic E-state index is 12.7. The summed E-state index contributed by atoms with van der Waals surface area (Å²) < 4.78 is 11.0. The molecular formula is C25H30N4O3. The Kier molecular flexibility index (Phi) is 6.73. The summed E-state index contributed by atoms with van der Waals surface area (Å²) in [6, 6.07) is 16.2. The zero-order valence-corrected chi connectivity index (χ0v) is 18.9. The second kappa shape index (κ2) is 9.85. The molecule has 2 aromatic carbocycles. The second-order valence-electron chi connectivity index (χ2n) is 8.39. The molecule has 1 aliphatic rings. The number of carbonyl (C=O) groups is 1. The molecule has 7 heteroatoms. The van der Waals surface area contributed by atoms with Crippen LogP contribution in [-0.4, -0.2) is 35.7 Å². The Morgan fingerprint density at radius 1 is 1.12 bits per heavy atom. The fourth-order valence-corrected chi connectivity index (χ4v) is 3.86. The molecule has 0 saturated carbocycles. The standard InChI is InChI=1S/C25H30N4O3/c1-4-31-22-11-9-21(10-12-22)26-24(30)20-13-15-29(16-14-20)25-27-23(28-32-25)19-7-5-18(6-8-19)17(2)3/h5-12,17,20H,4,13-16H2,1-3H3,(H,26,30). The van der Waals surface area contributed by atoms with Crippen LogP contribution >= 0.6 is 0 Å². The highest BCUT2D eigenvalue weighted by Crippen LogP contribution is 2.27. The van der Waals surface area contributed by atoms with E-state index in [9.17, 15) is 4.79 Å². The number of carbonyl (C=O) groups excluding carboxylic acids is 1. The van der Waals surface area contributed by atoms with E-state index in [2.05, 4.69) is 46.3 Å². The molecule has 2 heterocycles. The van der Waals surface area contributed by atoms with Gasteiger partial charge in [-0.1, -0.05) is 43.3 Å². The Labute approximate surface area is 188 Å². The van der Waals surface area contributed by atoms with Crippen molar-refractivity contribution in [3.8, 4) is 17.1 Å². The van der Waals surface area contributed by atoms with Gasteiger partial charge in [0.1, 0.15) is 5.75 Å². The molecule has 4 rings (SSSR count). The van der Waals surface area contributed by atoms with Gasteiger partial charge in [0.25, 0.3) is 0 Å². The van der Waals surface area contributed by atoms with Gasteiger partial charge >= 0.3 is 6.01 Å². The Hall–Kier alpha value is -3.35. The summed E-state index contributed by atoms with van der Waals surface area (Å²) >= 11 is 0. The molecule has 0 unspecified atom stereocenters. The number of hydrogen-bond acceptors (Lipinski definition) is 6. The number of ether oxygens (including phenoxy) is 1. The zero-order chi connectivity index (χ0) is 22.5. The van der Waals surface area contributed by atoms with E-state index in [4.69, 9.17) is 9.26 Å². The van der Waals surface area contributed by atoms with Crippen molar-refractivity contribution in [1.29, 1.82) is 0 Å². The average Bonchev–Trinajstić information content (AvgIpc) is 3.31. The second-order valence-corrected chi connectivity index (χ2v) is 8.39. The zero-order valence-electron chi connectivity index (χ0n) is 18.9. The lowest BCUT2D eigenvalue weighted by Crippen LogP contribution is -2.38. The summed E-state index contributed by atoms with van der Waals surface area (Å²) in [5, 5.41) is 7.16. The third kappa shape index (κ3) is 5.10. The third-order valence-corrected chi connectivity index (χ3v) is 5.82. The highest BCUT2D eigenvalue weighted by atomic mass is 16.5. The van der Waals surface area contributed by atoms with Crippen LogP contribution in [0.4, 0.5) is 11.7 Å². The van der Waals surface area contributed by atoms with Gasteiger partial charge in [-0.3, -0.25) is 4.79 Å². The first kappa shape index (κ1) is 21.9. The lowest BCUT2D eigenvalue weighted by Gasteiger charge is -2.29. The monoisotopic (exact) mass is 434 g/mol. The molecule has 0 radical (unpaired) electrons. The quantitative estimate of drug-likeness (QED) is 0.556. The van der Waals surface area contributed by atoms with Gasteiger partial charge < -0.3 is 19.5 Å². The van der Waals surface area contributed by atoms with Crippen LogP contribution in [0.1, 0.15) is 45.1 Å². The summed E-state index contributed by atoms with van der Waals surface area (Å²) in [6.45, 7) is 8.31. The van der Waals surface area contributed by atoms with Gasteiger partial charge in [0.05, 0.1) is 6.61 Å². The molecular weight excluding hydrogens is 404 g/mol. The van der Waals surface area contributed by atoms with Crippen molar-refractivity contribution in [1.82, 2.24) is 10.1 Å². The predicted molar refractivity (Wildman–Crippen MR) is 125 cm³/mol. The van der Waals surface area contributed by atoms with E-state index < -0.39 is 0 Å². The Balaban J connectivity index is 1.31. The molecule has 1 N–H and O–H groups in total. The van der Waals surface area contributed by atoms with E-state index in [1.807, 2.05) is 43.3 Å². The van der Waals surface area contributed by atoms with Crippen molar-refractivity contribution in [3.05, 3.63) is 54.1 Å². The van der Waals surface area contributed by atoms with E-state index in [1.54, 1.807) is 0 Å². The summed E-state index contributed by atoms with van der Waals surface area (Å²) in [7, 11) is 0. The van der Waals surface area contributed by atoms with Crippen molar-refractivity contribution in [2.75, 3.05) is 29.9 Å². The molecule has 7 nitrogen and oxygen atoms in total. The Bertz CT molecular complexity index is 1020. The van der Waals surface area contributed by atoms with Crippen molar-refractivity contribution in [2.45, 2.75) is 39.5 Å². The van der Waals surface area contributed by atoms with Crippen LogP contribution < -0.4 is 15.0 Å². The number of piperidine rings is 1. The van der Waals surface area contributed by atoms with Gasteiger partial charge in [0.15, 0.2) is 0 Å². The largest absolute Gasteiger partial charge is 0.494 e. The SMILES string of the molecule is CCOc1ccc(NC(=O)C2CCN(c3nc(-c4ccc(C(C)C)cc4)no3)CC2)cc1. The molecule has 1 aliphatic heterocycles. The lowest BCUT2D eigenvalue weighted by atomic mass is 9.96. The molecule has 1 aromatic heterocycles. The fraction of sp³-hybridized carbons (Fsp3) is 0.400. The third-order valence-electron chi connectivity index (χ3n) is 5.82. The van der Waals surface area contributed by atoms with Crippen LogP contribution in [0, 0.1) is 5.92 Å². The van der Waals surface area contributed by atoms with E-state index in [0.29, 0.717) is 37.5 Å². The van der Waals surface area contributed by atoms with Crippen molar-refractivity contribution < 1.29 is 14.1 Å². The van der Waals surface area contributed by atoms with E-state index in [0.717, 1.165) is 29.8 Å². The number of nitrogens with one attached hydrogen (secondary N) is 1. The van der Waals surface area contributed by atoms with Crippen LogP contribution in [0.5, 0.6) is 5.75 Å². The first-order chi connectivity index (χ1) is 15.5. The lowest BCUT2D eigenvalue weighted by molar-refractivity contribution is -0.120. The van der Waals surface area contributed by atoms with E-state index in [1.165, 1.54) is 5.56 Å². The number of amides is 1. The molecule has 1 amide bonds. The van der Waals surface area contributed by atoms with Crippen molar-refractivity contribution >= 4 is 17.6 Å². The fourth-order valence-electron chi connectivity index (χ4n) is 3.86. The number of rotatable bonds is 7. The molecule has 32 heavy (non-hydrogen) atoms. The van der Waals surface area contributed by atoms with Gasteiger partial charge in [0.2, 0.25) is 11.7 Å². The average molecular weight is 435 g/mol. The van der Waals surface area contributed by atoms with Gasteiger partial charge in [-0.05, 0) is 55.5 Å². The number of hydrogen-bond donors (Lipinski definition) is 1. The molecule has 0 aliphatic carbocycles. The summed E-state index contributed by atoms with van der Waals surface area (Å²) in [5.41, 5.74) is 3.00. The van der Waals surface area contributed by atoms with Crippen LogP contribution in [0.3, 0.4) is 0 Å². The Morgan fingerprint density at radius 3 is 2.44 bits per heavy atom. The van der Waals surface area contributed by atoms with Gasteiger partial charge in [0, 0.05) is 30.3 Å². The number of aromatic nitrogens is 2. The van der Waals surface area contributed by atoms with Gasteiger partial charge in [-0.25, -0.2) is 0 Å². The molecule has 1 saturated heterocycles. The summed E-state index contributed by atoms with van der Waals surface area (Å²) in [6.07, 6.45) is 1.48. The molecule has 0 atom stereocenters. The van der Waals surface area contributed by atoms with Gasteiger partial charge in [-0.2, -0.15) is 4.98 Å². The minimum atomic E-state index is -0.0382. The molecule has 0 spiro atoms. The smallest absolute Gasteiger partial charge is 0.324 e. The molecule has 3 aromatic rings. The highest BCUT2D eigenvalue weighted by Gasteiger charge is 2.27. The highest BCUT2D eigenvalue weighted by molar-refractivity contribution is 5.92. The van der Waals surface area contributed by atoms with Crippen LogP contribution in [0.15, 0.2) is 53.1 Å². The van der Waals surface area contributed by atoms with E-state index in [-0.39, 0.29) is 11.8 Å². The van der Waals surface area contributed by atoms with Crippen molar-refractivity contribution in [2.24, 2.45) is 5.92 Å². The maximum Gasteiger partial charge on any atom is 0.324 e. The van der Waals surface area contributed by atoms with E-state index >= 15 is 0 Å². The number of nitrogens with zero attached hydrogens (tertiary/aromatic N) is 3. The normalized spacial score (nSPS) is 14.6. The van der Waals surface area contributed by atoms with Crippen LogP contribution in [0.25, 0.3) is 11.4 Å². The molecule has 1 fully saturated rings. The maximum absolute atomic E-state index is 12.7. The molecule has 168 valence electrons. The number of benzene rings is 2. The first-order valence-electron chi connectivity index (χ1n) is 11.3. The molecule has 0 bridgehead atoms. The minimum Gasteiger partial charge on any atom is -0.494 e. The summed E-state index contributed by atoms with van der Waals surface area (Å²) in [4.78, 5) is 19.3. The van der Waals surface area contributed by atoms with Gasteiger partial charge in [-0.15, -0.1) is 0 Å². The summed E-state index contributed by atoms with van der Waals surface area (Å²) in [5.74, 6) is 1.88. The van der Waals surface area contributed by atoms with Crippen LogP contribution in [-0.2, 0) is 4.79 Å². The minimum absolute atomic E-state index is 0.0382.